The fourth-order valence-corrected chi connectivity index (χ4v) is 3.23. The molecule has 4 rings (SSSR count). The highest BCUT2D eigenvalue weighted by molar-refractivity contribution is 9.10. The van der Waals surface area contributed by atoms with Crippen molar-refractivity contribution in [1.29, 1.82) is 0 Å². The highest BCUT2D eigenvalue weighted by atomic mass is 79.9. The molecule has 1 aliphatic rings. The van der Waals surface area contributed by atoms with Crippen molar-refractivity contribution in [1.82, 2.24) is 0 Å². The molecule has 0 bridgehead atoms. The second-order valence-corrected chi connectivity index (χ2v) is 6.36. The first-order valence-electron chi connectivity index (χ1n) is 7.19. The number of fused-ring (bicyclic) bond motifs is 3. The van der Waals surface area contributed by atoms with Gasteiger partial charge in [0.25, 0.3) is 0 Å². The standard InChI is InChI=1S/C19H13BrO2/c20-14-8-5-13(6-9-14)19(21)18-11-16-15-4-2-1-3-12(15)7-10-17(16)22-18/h1-10,18H,11H2/t18-/m0/s1. The normalized spacial score (nSPS) is 16.3. The number of carbonyl (C=O) groups excluding carboxylic acids is 1. The van der Waals surface area contributed by atoms with E-state index in [-0.39, 0.29) is 5.78 Å². The summed E-state index contributed by atoms with van der Waals surface area (Å²) in [5.41, 5.74) is 1.82. The van der Waals surface area contributed by atoms with Crippen molar-refractivity contribution >= 4 is 32.5 Å². The van der Waals surface area contributed by atoms with Crippen LogP contribution < -0.4 is 4.74 Å². The van der Waals surface area contributed by atoms with Gasteiger partial charge in [0, 0.05) is 22.0 Å². The van der Waals surface area contributed by atoms with Crippen LogP contribution in [0.2, 0.25) is 0 Å². The van der Waals surface area contributed by atoms with Crippen LogP contribution in [0.3, 0.4) is 0 Å². The molecule has 2 nitrogen and oxygen atoms in total. The quantitative estimate of drug-likeness (QED) is 0.620. The van der Waals surface area contributed by atoms with Crippen molar-refractivity contribution in [3.8, 4) is 5.75 Å². The number of rotatable bonds is 2. The minimum absolute atomic E-state index is 0.0350. The Balaban J connectivity index is 1.68. The van der Waals surface area contributed by atoms with E-state index in [2.05, 4.69) is 28.1 Å². The summed E-state index contributed by atoms with van der Waals surface area (Å²) in [4.78, 5) is 12.6. The molecule has 0 radical (unpaired) electrons. The number of hydrogen-bond acceptors (Lipinski definition) is 2. The zero-order valence-electron chi connectivity index (χ0n) is 11.8. The highest BCUT2D eigenvalue weighted by Gasteiger charge is 2.30. The summed E-state index contributed by atoms with van der Waals surface area (Å²) < 4.78 is 6.86. The molecule has 0 N–H and O–H groups in total. The van der Waals surface area contributed by atoms with Crippen LogP contribution >= 0.6 is 15.9 Å². The average Bonchev–Trinajstić information content (AvgIpc) is 2.99. The van der Waals surface area contributed by atoms with Crippen molar-refractivity contribution < 1.29 is 9.53 Å². The largest absolute Gasteiger partial charge is 0.482 e. The zero-order chi connectivity index (χ0) is 15.1. The lowest BCUT2D eigenvalue weighted by atomic mass is 9.98. The van der Waals surface area contributed by atoms with Crippen LogP contribution in [0.1, 0.15) is 15.9 Å². The third-order valence-corrected chi connectivity index (χ3v) is 4.61. The van der Waals surface area contributed by atoms with E-state index in [4.69, 9.17) is 4.74 Å². The van der Waals surface area contributed by atoms with E-state index >= 15 is 0 Å². The molecule has 22 heavy (non-hydrogen) atoms. The topological polar surface area (TPSA) is 26.3 Å². The van der Waals surface area contributed by atoms with Crippen LogP contribution in [0.15, 0.2) is 65.1 Å². The van der Waals surface area contributed by atoms with E-state index in [0.29, 0.717) is 12.0 Å². The van der Waals surface area contributed by atoms with E-state index in [1.165, 1.54) is 10.8 Å². The van der Waals surface area contributed by atoms with E-state index < -0.39 is 6.10 Å². The van der Waals surface area contributed by atoms with Gasteiger partial charge in [0.1, 0.15) is 5.75 Å². The summed E-state index contributed by atoms with van der Waals surface area (Å²) in [6.07, 6.45) is 0.202. The number of carbonyl (C=O) groups is 1. The number of hydrogen-bond donors (Lipinski definition) is 0. The SMILES string of the molecule is O=C(c1ccc(Br)cc1)[C@@H]1Cc2c(ccc3ccccc23)O1. The van der Waals surface area contributed by atoms with Crippen LogP contribution in [-0.2, 0) is 6.42 Å². The van der Waals surface area contributed by atoms with E-state index in [1.807, 2.05) is 48.5 Å². The number of Topliss-reactive ketones (excluding diaryl/α,β-unsaturated/α-hetero) is 1. The maximum absolute atomic E-state index is 12.6. The van der Waals surface area contributed by atoms with E-state index in [0.717, 1.165) is 15.8 Å². The Labute approximate surface area is 136 Å². The Kier molecular flexibility index (Phi) is 3.23. The van der Waals surface area contributed by atoms with Gasteiger partial charge in [0.2, 0.25) is 5.78 Å². The second kappa shape index (κ2) is 5.25. The predicted molar refractivity (Wildman–Crippen MR) is 90.5 cm³/mol. The average molecular weight is 353 g/mol. The third kappa shape index (κ3) is 2.22. The molecular formula is C19H13BrO2. The Hall–Kier alpha value is -2.13. The minimum Gasteiger partial charge on any atom is -0.482 e. The lowest BCUT2D eigenvalue weighted by molar-refractivity contribution is 0.0825. The van der Waals surface area contributed by atoms with E-state index in [1.54, 1.807) is 0 Å². The summed E-state index contributed by atoms with van der Waals surface area (Å²) in [6.45, 7) is 0. The van der Waals surface area contributed by atoms with Gasteiger partial charge in [-0.3, -0.25) is 4.79 Å². The molecule has 0 spiro atoms. The fourth-order valence-electron chi connectivity index (χ4n) is 2.96. The molecule has 0 aromatic heterocycles. The van der Waals surface area contributed by atoms with Gasteiger partial charge in [0.05, 0.1) is 0 Å². The van der Waals surface area contributed by atoms with Gasteiger partial charge in [-0.1, -0.05) is 58.4 Å². The van der Waals surface area contributed by atoms with Gasteiger partial charge in [-0.15, -0.1) is 0 Å². The predicted octanol–water partition coefficient (Wildman–Crippen LogP) is 4.79. The summed E-state index contributed by atoms with van der Waals surface area (Å²) >= 11 is 3.39. The van der Waals surface area contributed by atoms with Crippen LogP contribution in [0.25, 0.3) is 10.8 Å². The van der Waals surface area contributed by atoms with Crippen molar-refractivity contribution in [3.63, 3.8) is 0 Å². The van der Waals surface area contributed by atoms with Crippen LogP contribution in [0.4, 0.5) is 0 Å². The van der Waals surface area contributed by atoms with Gasteiger partial charge < -0.3 is 4.74 Å². The summed E-state index contributed by atoms with van der Waals surface area (Å²) in [7, 11) is 0. The smallest absolute Gasteiger partial charge is 0.203 e. The summed E-state index contributed by atoms with van der Waals surface area (Å²) in [5, 5.41) is 2.35. The van der Waals surface area contributed by atoms with Crippen molar-refractivity contribution in [2.45, 2.75) is 12.5 Å². The lowest BCUT2D eigenvalue weighted by Gasteiger charge is -2.09. The van der Waals surface area contributed by atoms with Gasteiger partial charge in [0.15, 0.2) is 6.10 Å². The van der Waals surface area contributed by atoms with Crippen LogP contribution in [0.5, 0.6) is 5.75 Å². The van der Waals surface area contributed by atoms with Gasteiger partial charge in [-0.2, -0.15) is 0 Å². The highest BCUT2D eigenvalue weighted by Crippen LogP contribution is 2.35. The second-order valence-electron chi connectivity index (χ2n) is 5.45. The van der Waals surface area contributed by atoms with E-state index in [9.17, 15) is 4.79 Å². The molecule has 0 fully saturated rings. The fraction of sp³-hybridized carbons (Fsp3) is 0.105. The maximum atomic E-state index is 12.6. The number of halogens is 1. The first kappa shape index (κ1) is 13.5. The molecule has 108 valence electrons. The molecule has 0 aliphatic carbocycles. The Bertz CT molecular complexity index is 868. The Morgan fingerprint density at radius 2 is 1.77 bits per heavy atom. The molecule has 3 aromatic carbocycles. The molecule has 0 unspecified atom stereocenters. The molecule has 3 aromatic rings. The number of ether oxygens (including phenoxy) is 1. The van der Waals surface area contributed by atoms with Crippen molar-refractivity contribution in [2.75, 3.05) is 0 Å². The molecule has 1 aliphatic heterocycles. The number of benzene rings is 3. The first-order chi connectivity index (χ1) is 10.7. The molecule has 0 saturated heterocycles. The third-order valence-electron chi connectivity index (χ3n) is 4.08. The molecule has 3 heteroatoms. The molecule has 1 heterocycles. The van der Waals surface area contributed by atoms with Crippen molar-refractivity contribution in [3.05, 3.63) is 76.3 Å². The van der Waals surface area contributed by atoms with Gasteiger partial charge in [-0.05, 0) is 29.0 Å². The van der Waals surface area contributed by atoms with Gasteiger partial charge in [-0.25, -0.2) is 0 Å². The van der Waals surface area contributed by atoms with Crippen molar-refractivity contribution in [2.24, 2.45) is 0 Å². The number of ketones is 1. The molecule has 0 saturated carbocycles. The molecular weight excluding hydrogens is 340 g/mol. The maximum Gasteiger partial charge on any atom is 0.203 e. The van der Waals surface area contributed by atoms with Gasteiger partial charge >= 0.3 is 0 Å². The first-order valence-corrected chi connectivity index (χ1v) is 7.99. The summed E-state index contributed by atoms with van der Waals surface area (Å²) in [5.74, 6) is 0.863. The zero-order valence-corrected chi connectivity index (χ0v) is 13.3. The molecule has 0 amide bonds. The summed E-state index contributed by atoms with van der Waals surface area (Å²) in [6, 6.07) is 19.6. The lowest BCUT2D eigenvalue weighted by Crippen LogP contribution is -2.25. The van der Waals surface area contributed by atoms with Crippen LogP contribution in [-0.4, -0.2) is 11.9 Å². The molecule has 1 atom stereocenters. The monoisotopic (exact) mass is 352 g/mol. The Morgan fingerprint density at radius 1 is 1.00 bits per heavy atom. The Morgan fingerprint density at radius 3 is 2.59 bits per heavy atom. The minimum atomic E-state index is -0.429. The van der Waals surface area contributed by atoms with Crippen LogP contribution in [0, 0.1) is 0 Å².